The Bertz CT molecular complexity index is 563. The number of carbonyl (C=O) groups is 1. The van der Waals surface area contributed by atoms with Crippen molar-refractivity contribution in [1.82, 2.24) is 4.90 Å². The molecule has 4 nitrogen and oxygen atoms in total. The molecule has 0 aromatic heterocycles. The van der Waals surface area contributed by atoms with Crippen LogP contribution in [0.1, 0.15) is 128 Å². The van der Waals surface area contributed by atoms with Crippen LogP contribution in [0.3, 0.4) is 0 Å². The molecular weight excluding hydrogens is 422 g/mol. The second-order valence-corrected chi connectivity index (χ2v) is 9.76. The van der Waals surface area contributed by atoms with Crippen LogP contribution >= 0.6 is 0 Å². The zero-order valence-corrected chi connectivity index (χ0v) is 22.2. The number of hydrogen-bond donors (Lipinski definition) is 1. The first-order valence-electron chi connectivity index (χ1n) is 14.3. The van der Waals surface area contributed by atoms with Crippen molar-refractivity contribution in [3.63, 3.8) is 0 Å². The van der Waals surface area contributed by atoms with Crippen LogP contribution in [0, 0.1) is 0 Å². The van der Waals surface area contributed by atoms with Gasteiger partial charge in [0, 0.05) is 19.7 Å². The molecule has 0 bridgehead atoms. The van der Waals surface area contributed by atoms with Crippen molar-refractivity contribution < 1.29 is 14.6 Å². The van der Waals surface area contributed by atoms with Gasteiger partial charge in [0.1, 0.15) is 6.61 Å². The second kappa shape index (κ2) is 23.2. The maximum Gasteiger partial charge on any atom is 0.410 e. The highest BCUT2D eigenvalue weighted by molar-refractivity contribution is 5.67. The van der Waals surface area contributed by atoms with E-state index in [-0.39, 0.29) is 12.7 Å². The van der Waals surface area contributed by atoms with Gasteiger partial charge in [0.05, 0.1) is 0 Å². The number of hydrogen-bond acceptors (Lipinski definition) is 3. The summed E-state index contributed by atoms with van der Waals surface area (Å²) < 4.78 is 5.52. The summed E-state index contributed by atoms with van der Waals surface area (Å²) in [6.07, 6.45) is 22.9. The molecule has 0 aliphatic rings. The van der Waals surface area contributed by atoms with Crippen molar-refractivity contribution in [3.8, 4) is 0 Å². The summed E-state index contributed by atoms with van der Waals surface area (Å²) in [6.45, 7) is 4.17. The van der Waals surface area contributed by atoms with Crippen LogP contribution in [-0.4, -0.2) is 35.8 Å². The van der Waals surface area contributed by atoms with Crippen molar-refractivity contribution in [2.45, 2.75) is 129 Å². The van der Waals surface area contributed by atoms with E-state index in [1.54, 1.807) is 0 Å². The molecule has 1 rings (SSSR count). The van der Waals surface area contributed by atoms with Gasteiger partial charge in [0.25, 0.3) is 0 Å². The topological polar surface area (TPSA) is 49.8 Å². The maximum atomic E-state index is 12.5. The molecule has 0 saturated carbocycles. The van der Waals surface area contributed by atoms with E-state index in [1.165, 1.54) is 96.3 Å². The number of aliphatic hydroxyl groups excluding tert-OH is 1. The summed E-state index contributed by atoms with van der Waals surface area (Å²) in [7, 11) is 0. The molecule has 0 aliphatic carbocycles. The molecule has 0 aliphatic heterocycles. The first-order valence-corrected chi connectivity index (χ1v) is 14.3. The average Bonchev–Trinajstić information content (AvgIpc) is 2.86. The lowest BCUT2D eigenvalue weighted by Gasteiger charge is -2.22. The smallest absolute Gasteiger partial charge is 0.410 e. The molecule has 1 amide bonds. The third-order valence-corrected chi connectivity index (χ3v) is 6.58. The van der Waals surface area contributed by atoms with Crippen LogP contribution in [0.4, 0.5) is 4.79 Å². The van der Waals surface area contributed by atoms with Gasteiger partial charge in [-0.05, 0) is 24.8 Å². The monoisotopic (exact) mass is 475 g/mol. The standard InChI is InChI=1S/C30H53NO3/c1-2-3-4-5-6-7-8-9-10-11-12-13-14-15-16-20-25-31(26-21-22-27-32)30(33)34-28-29-23-18-17-19-24-29/h17-19,23-24,32H,2-16,20-22,25-28H2,1H3. The van der Waals surface area contributed by atoms with E-state index in [0.29, 0.717) is 13.2 Å². The van der Waals surface area contributed by atoms with Crippen LogP contribution in [0.25, 0.3) is 0 Å². The van der Waals surface area contributed by atoms with Gasteiger partial charge >= 0.3 is 6.09 Å². The Kier molecular flexibility index (Phi) is 20.8. The van der Waals surface area contributed by atoms with E-state index >= 15 is 0 Å². The Labute approximate surface area is 210 Å². The Hall–Kier alpha value is -1.55. The minimum Gasteiger partial charge on any atom is -0.445 e. The first kappa shape index (κ1) is 30.5. The van der Waals surface area contributed by atoms with Crippen LogP contribution in [0.15, 0.2) is 30.3 Å². The average molecular weight is 476 g/mol. The van der Waals surface area contributed by atoms with Gasteiger partial charge in [-0.1, -0.05) is 134 Å². The summed E-state index contributed by atoms with van der Waals surface area (Å²) in [5, 5.41) is 9.06. The summed E-state index contributed by atoms with van der Waals surface area (Å²) in [5.41, 5.74) is 1.01. The normalized spacial score (nSPS) is 11.0. The number of aliphatic hydroxyl groups is 1. The molecule has 0 saturated heterocycles. The number of benzene rings is 1. The molecule has 0 spiro atoms. The molecule has 0 heterocycles. The van der Waals surface area contributed by atoms with Gasteiger partial charge in [-0.25, -0.2) is 4.79 Å². The number of nitrogens with zero attached hydrogens (tertiary/aromatic N) is 1. The van der Waals surface area contributed by atoms with Crippen LogP contribution in [-0.2, 0) is 11.3 Å². The highest BCUT2D eigenvalue weighted by Gasteiger charge is 2.14. The molecule has 196 valence electrons. The SMILES string of the molecule is CCCCCCCCCCCCCCCCCCN(CCCCO)C(=O)OCc1ccccc1. The molecule has 34 heavy (non-hydrogen) atoms. The molecule has 0 radical (unpaired) electrons. The van der Waals surface area contributed by atoms with Crippen LogP contribution in [0.5, 0.6) is 0 Å². The van der Waals surface area contributed by atoms with Crippen molar-refractivity contribution in [2.24, 2.45) is 0 Å². The molecule has 1 aromatic carbocycles. The minimum atomic E-state index is -0.234. The van der Waals surface area contributed by atoms with Gasteiger partial charge in [-0.3, -0.25) is 0 Å². The number of unbranched alkanes of at least 4 members (excludes halogenated alkanes) is 16. The minimum absolute atomic E-state index is 0.173. The van der Waals surface area contributed by atoms with Crippen molar-refractivity contribution in [2.75, 3.05) is 19.7 Å². The molecule has 1 N–H and O–H groups in total. The molecular formula is C30H53NO3. The van der Waals surface area contributed by atoms with Crippen molar-refractivity contribution in [1.29, 1.82) is 0 Å². The highest BCUT2D eigenvalue weighted by atomic mass is 16.6. The second-order valence-electron chi connectivity index (χ2n) is 9.76. The van der Waals surface area contributed by atoms with E-state index in [0.717, 1.165) is 31.4 Å². The molecule has 0 unspecified atom stereocenters. The van der Waals surface area contributed by atoms with E-state index < -0.39 is 0 Å². The fourth-order valence-corrected chi connectivity index (χ4v) is 4.37. The maximum absolute atomic E-state index is 12.5. The number of rotatable bonds is 23. The summed E-state index contributed by atoms with van der Waals surface area (Å²) >= 11 is 0. The molecule has 0 atom stereocenters. The molecule has 1 aromatic rings. The Morgan fingerprint density at radius 2 is 1.12 bits per heavy atom. The van der Waals surface area contributed by atoms with Gasteiger partial charge in [-0.15, -0.1) is 0 Å². The molecule has 0 fully saturated rings. The molecule has 4 heteroatoms. The number of ether oxygens (including phenoxy) is 1. The Morgan fingerprint density at radius 3 is 1.59 bits per heavy atom. The van der Waals surface area contributed by atoms with Crippen LogP contribution in [0.2, 0.25) is 0 Å². The third-order valence-electron chi connectivity index (χ3n) is 6.58. The van der Waals surface area contributed by atoms with E-state index in [9.17, 15) is 4.79 Å². The fourth-order valence-electron chi connectivity index (χ4n) is 4.37. The van der Waals surface area contributed by atoms with E-state index in [2.05, 4.69) is 6.92 Å². The third kappa shape index (κ3) is 17.9. The lowest BCUT2D eigenvalue weighted by Crippen LogP contribution is -2.33. The summed E-state index contributed by atoms with van der Waals surface area (Å²) in [6, 6.07) is 9.82. The Balaban J connectivity index is 2.02. The largest absolute Gasteiger partial charge is 0.445 e. The lowest BCUT2D eigenvalue weighted by atomic mass is 10.0. The zero-order chi connectivity index (χ0) is 24.5. The fraction of sp³-hybridized carbons (Fsp3) is 0.767. The van der Waals surface area contributed by atoms with Crippen molar-refractivity contribution in [3.05, 3.63) is 35.9 Å². The highest BCUT2D eigenvalue weighted by Crippen LogP contribution is 2.14. The zero-order valence-electron chi connectivity index (χ0n) is 22.2. The first-order chi connectivity index (χ1) is 16.8. The van der Waals surface area contributed by atoms with Gasteiger partial charge in [-0.2, -0.15) is 0 Å². The van der Waals surface area contributed by atoms with E-state index in [1.807, 2.05) is 35.2 Å². The lowest BCUT2D eigenvalue weighted by molar-refractivity contribution is 0.0940. The number of carbonyl (C=O) groups excluding carboxylic acids is 1. The van der Waals surface area contributed by atoms with E-state index in [4.69, 9.17) is 9.84 Å². The summed E-state index contributed by atoms with van der Waals surface area (Å²) in [4.78, 5) is 14.4. The van der Waals surface area contributed by atoms with Gasteiger partial charge < -0.3 is 14.7 Å². The predicted octanol–water partition coefficient (Wildman–Crippen LogP) is 8.66. The predicted molar refractivity (Wildman–Crippen MR) is 144 cm³/mol. The van der Waals surface area contributed by atoms with Crippen molar-refractivity contribution >= 4 is 6.09 Å². The summed E-state index contributed by atoms with van der Waals surface area (Å²) in [5.74, 6) is 0. The Morgan fingerprint density at radius 1 is 0.676 bits per heavy atom. The van der Waals surface area contributed by atoms with Crippen LogP contribution < -0.4 is 0 Å². The van der Waals surface area contributed by atoms with Gasteiger partial charge in [0.15, 0.2) is 0 Å². The number of amides is 1. The quantitative estimate of drug-likeness (QED) is 0.161. The van der Waals surface area contributed by atoms with Gasteiger partial charge in [0.2, 0.25) is 0 Å².